The van der Waals surface area contributed by atoms with Crippen LogP contribution in [-0.4, -0.2) is 47.3 Å². The van der Waals surface area contributed by atoms with Crippen LogP contribution in [0.3, 0.4) is 0 Å². The van der Waals surface area contributed by atoms with Gasteiger partial charge in [-0.25, -0.2) is 0 Å². The normalized spacial score (nSPS) is 10.8. The first-order valence-electron chi connectivity index (χ1n) is 9.27. The number of halogens is 1. The number of anilines is 1. The van der Waals surface area contributed by atoms with Gasteiger partial charge in [0.25, 0.3) is 0 Å². The summed E-state index contributed by atoms with van der Waals surface area (Å²) >= 11 is 7.34. The van der Waals surface area contributed by atoms with Crippen molar-refractivity contribution in [3.63, 3.8) is 0 Å². The molecule has 9 heteroatoms. The van der Waals surface area contributed by atoms with Crippen molar-refractivity contribution < 1.29 is 14.3 Å². The predicted octanol–water partition coefficient (Wildman–Crippen LogP) is 4.29. The van der Waals surface area contributed by atoms with E-state index in [0.717, 1.165) is 17.0 Å². The molecule has 0 radical (unpaired) electrons. The van der Waals surface area contributed by atoms with E-state index >= 15 is 0 Å². The Morgan fingerprint density at radius 3 is 2.77 bits per heavy atom. The number of thioether (sulfide) groups is 1. The standard InChI is InChI=1S/C21H23ClN4O3S/c1-14-5-4-6-15(11-14)20-24-25-21(26(20)9-10-28-2)30-13-19(27)23-17-12-16(22)7-8-18(17)29-3/h4-8,11-12H,9-10,13H2,1-3H3,(H,23,27). The molecule has 0 atom stereocenters. The average Bonchev–Trinajstić information content (AvgIpc) is 3.13. The van der Waals surface area contributed by atoms with Crippen LogP contribution < -0.4 is 10.1 Å². The van der Waals surface area contributed by atoms with Crippen LogP contribution in [0.4, 0.5) is 5.69 Å². The maximum absolute atomic E-state index is 12.5. The maximum Gasteiger partial charge on any atom is 0.234 e. The second-order valence-corrected chi connectivity index (χ2v) is 7.88. The van der Waals surface area contributed by atoms with Gasteiger partial charge in [0, 0.05) is 17.7 Å². The Balaban J connectivity index is 1.75. The fraction of sp³-hybridized carbons (Fsp3) is 0.286. The lowest BCUT2D eigenvalue weighted by molar-refractivity contribution is -0.113. The molecule has 0 unspecified atom stereocenters. The number of amides is 1. The zero-order chi connectivity index (χ0) is 21.5. The third-order valence-corrected chi connectivity index (χ3v) is 5.48. The first-order valence-corrected chi connectivity index (χ1v) is 10.6. The second kappa shape index (κ2) is 10.5. The molecule has 7 nitrogen and oxygen atoms in total. The van der Waals surface area contributed by atoms with E-state index in [2.05, 4.69) is 21.6 Å². The molecule has 0 fully saturated rings. The molecule has 158 valence electrons. The minimum absolute atomic E-state index is 0.161. The van der Waals surface area contributed by atoms with Crippen LogP contribution in [0.2, 0.25) is 5.02 Å². The van der Waals surface area contributed by atoms with Crippen molar-refractivity contribution in [1.82, 2.24) is 14.8 Å². The molecule has 3 aromatic rings. The van der Waals surface area contributed by atoms with Crippen molar-refractivity contribution in [2.75, 3.05) is 31.9 Å². The van der Waals surface area contributed by atoms with E-state index in [1.165, 1.54) is 11.8 Å². The molecule has 0 saturated heterocycles. The number of benzene rings is 2. The Bertz CT molecular complexity index is 1030. The summed E-state index contributed by atoms with van der Waals surface area (Å²) in [4.78, 5) is 12.5. The number of nitrogens with one attached hydrogen (secondary N) is 1. The SMILES string of the molecule is COCCn1c(SCC(=O)Nc2cc(Cl)ccc2OC)nnc1-c1cccc(C)c1. The molecule has 2 aromatic carbocycles. The zero-order valence-electron chi connectivity index (χ0n) is 17.0. The summed E-state index contributed by atoms with van der Waals surface area (Å²) in [6.45, 7) is 3.12. The Hall–Kier alpha value is -2.55. The van der Waals surface area contributed by atoms with Gasteiger partial charge >= 0.3 is 0 Å². The highest BCUT2D eigenvalue weighted by Crippen LogP contribution is 2.29. The maximum atomic E-state index is 12.5. The number of hydrogen-bond donors (Lipinski definition) is 1. The molecule has 30 heavy (non-hydrogen) atoms. The Kier molecular flexibility index (Phi) is 7.73. The number of methoxy groups -OCH3 is 2. The molecular weight excluding hydrogens is 424 g/mol. The van der Waals surface area contributed by atoms with Crippen LogP contribution in [0.15, 0.2) is 47.6 Å². The average molecular weight is 447 g/mol. The summed E-state index contributed by atoms with van der Waals surface area (Å²) in [7, 11) is 3.19. The summed E-state index contributed by atoms with van der Waals surface area (Å²) < 4.78 is 12.5. The third kappa shape index (κ3) is 5.53. The summed E-state index contributed by atoms with van der Waals surface area (Å²) in [5.41, 5.74) is 2.63. The number of carbonyl (C=O) groups excluding carboxylic acids is 1. The molecule has 0 bridgehead atoms. The first kappa shape index (κ1) is 22.1. The molecule has 0 aliphatic rings. The van der Waals surface area contributed by atoms with Crippen LogP contribution >= 0.6 is 23.4 Å². The molecule has 0 spiro atoms. The van der Waals surface area contributed by atoms with Crippen LogP contribution in [-0.2, 0) is 16.1 Å². The van der Waals surface area contributed by atoms with Gasteiger partial charge in [-0.1, -0.05) is 47.1 Å². The number of hydrogen-bond acceptors (Lipinski definition) is 6. The molecule has 0 saturated carbocycles. The minimum Gasteiger partial charge on any atom is -0.495 e. The van der Waals surface area contributed by atoms with Crippen molar-refractivity contribution >= 4 is 35.0 Å². The fourth-order valence-electron chi connectivity index (χ4n) is 2.87. The highest BCUT2D eigenvalue weighted by molar-refractivity contribution is 7.99. The van der Waals surface area contributed by atoms with Gasteiger partial charge in [0.15, 0.2) is 11.0 Å². The van der Waals surface area contributed by atoms with Gasteiger partial charge in [0.2, 0.25) is 5.91 Å². The summed E-state index contributed by atoms with van der Waals surface area (Å²) in [5, 5.41) is 12.6. The molecule has 1 N–H and O–H groups in total. The van der Waals surface area contributed by atoms with E-state index in [4.69, 9.17) is 21.1 Å². The summed E-state index contributed by atoms with van der Waals surface area (Å²) in [5.74, 6) is 1.26. The minimum atomic E-state index is -0.195. The van der Waals surface area contributed by atoms with Gasteiger partial charge in [0.1, 0.15) is 5.75 Å². The van der Waals surface area contributed by atoms with E-state index in [1.54, 1.807) is 32.4 Å². The smallest absolute Gasteiger partial charge is 0.234 e. The molecule has 3 rings (SSSR count). The van der Waals surface area contributed by atoms with Gasteiger partial charge < -0.3 is 14.8 Å². The summed E-state index contributed by atoms with van der Waals surface area (Å²) in [6, 6.07) is 13.1. The molecule has 1 heterocycles. The van der Waals surface area contributed by atoms with Crippen LogP contribution in [0.5, 0.6) is 5.75 Å². The monoisotopic (exact) mass is 446 g/mol. The first-order chi connectivity index (χ1) is 14.5. The molecule has 1 amide bonds. The highest BCUT2D eigenvalue weighted by atomic mass is 35.5. The topological polar surface area (TPSA) is 78.3 Å². The molecule has 1 aromatic heterocycles. The molecule has 0 aliphatic heterocycles. The van der Waals surface area contributed by atoms with E-state index in [0.29, 0.717) is 34.8 Å². The Morgan fingerprint density at radius 2 is 2.03 bits per heavy atom. The number of carbonyl (C=O) groups is 1. The number of ether oxygens (including phenoxy) is 2. The number of aryl methyl sites for hydroxylation is 1. The Labute approximate surface area is 184 Å². The number of rotatable bonds is 9. The van der Waals surface area contributed by atoms with Crippen molar-refractivity contribution in [2.24, 2.45) is 0 Å². The van der Waals surface area contributed by atoms with Crippen molar-refractivity contribution in [3.05, 3.63) is 53.1 Å². The predicted molar refractivity (Wildman–Crippen MR) is 119 cm³/mol. The van der Waals surface area contributed by atoms with Gasteiger partial charge in [-0.15, -0.1) is 10.2 Å². The van der Waals surface area contributed by atoms with Crippen LogP contribution in [0, 0.1) is 6.92 Å². The van der Waals surface area contributed by atoms with Crippen LogP contribution in [0.25, 0.3) is 11.4 Å². The lowest BCUT2D eigenvalue weighted by atomic mass is 10.1. The van der Waals surface area contributed by atoms with Gasteiger partial charge in [-0.3, -0.25) is 9.36 Å². The van der Waals surface area contributed by atoms with E-state index < -0.39 is 0 Å². The van der Waals surface area contributed by atoms with E-state index in [9.17, 15) is 4.79 Å². The van der Waals surface area contributed by atoms with Crippen LogP contribution in [0.1, 0.15) is 5.56 Å². The van der Waals surface area contributed by atoms with Crippen molar-refractivity contribution in [3.8, 4) is 17.1 Å². The van der Waals surface area contributed by atoms with E-state index in [1.807, 2.05) is 29.7 Å². The van der Waals surface area contributed by atoms with E-state index in [-0.39, 0.29) is 11.7 Å². The third-order valence-electron chi connectivity index (χ3n) is 4.28. The lowest BCUT2D eigenvalue weighted by Crippen LogP contribution is -2.15. The van der Waals surface area contributed by atoms with Gasteiger partial charge in [-0.2, -0.15) is 0 Å². The fourth-order valence-corrected chi connectivity index (χ4v) is 3.81. The van der Waals surface area contributed by atoms with Gasteiger partial charge in [-0.05, 0) is 31.2 Å². The largest absolute Gasteiger partial charge is 0.495 e. The van der Waals surface area contributed by atoms with Crippen molar-refractivity contribution in [2.45, 2.75) is 18.6 Å². The summed E-state index contributed by atoms with van der Waals surface area (Å²) in [6.07, 6.45) is 0. The Morgan fingerprint density at radius 1 is 1.20 bits per heavy atom. The molecular formula is C21H23ClN4O3S. The quantitative estimate of drug-likeness (QED) is 0.494. The highest BCUT2D eigenvalue weighted by Gasteiger charge is 2.16. The van der Waals surface area contributed by atoms with Crippen molar-refractivity contribution in [1.29, 1.82) is 0 Å². The number of aromatic nitrogens is 3. The number of nitrogens with zero attached hydrogens (tertiary/aromatic N) is 3. The lowest BCUT2D eigenvalue weighted by Gasteiger charge is -2.11. The van der Waals surface area contributed by atoms with Gasteiger partial charge in [0.05, 0.1) is 31.7 Å². The molecule has 0 aliphatic carbocycles. The second-order valence-electron chi connectivity index (χ2n) is 6.50. The zero-order valence-corrected chi connectivity index (χ0v) is 18.6.